The predicted molar refractivity (Wildman–Crippen MR) is 98.4 cm³/mol. The normalized spacial score (nSPS) is 26.0. The van der Waals surface area contributed by atoms with Crippen molar-refractivity contribution in [1.29, 1.82) is 0 Å². The van der Waals surface area contributed by atoms with Gasteiger partial charge in [-0.3, -0.25) is 4.79 Å². The number of hydrogen-bond acceptors (Lipinski definition) is 4. The first kappa shape index (κ1) is 18.1. The third-order valence-electron chi connectivity index (χ3n) is 6.05. The second-order valence-corrected chi connectivity index (χ2v) is 7.92. The van der Waals surface area contributed by atoms with Crippen molar-refractivity contribution in [3.8, 4) is 5.75 Å². The minimum atomic E-state index is -0.366. The van der Waals surface area contributed by atoms with E-state index in [2.05, 4.69) is 4.90 Å². The Balaban J connectivity index is 1.36. The highest BCUT2D eigenvalue weighted by molar-refractivity contribution is 6.31. The van der Waals surface area contributed by atoms with E-state index >= 15 is 0 Å². The lowest BCUT2D eigenvalue weighted by Crippen LogP contribution is -2.45. The number of methoxy groups -OCH3 is 1. The highest BCUT2D eigenvalue weighted by Gasteiger charge is 2.44. The van der Waals surface area contributed by atoms with Gasteiger partial charge in [-0.25, -0.2) is 0 Å². The van der Waals surface area contributed by atoms with Crippen molar-refractivity contribution in [3.05, 3.63) is 28.8 Å². The molecule has 2 saturated heterocycles. The van der Waals surface area contributed by atoms with Crippen molar-refractivity contribution >= 4 is 17.5 Å². The van der Waals surface area contributed by atoms with Crippen LogP contribution in [0.15, 0.2) is 18.2 Å². The molecule has 0 bridgehead atoms. The number of rotatable bonds is 4. The summed E-state index contributed by atoms with van der Waals surface area (Å²) in [6.45, 7) is 2.23. The zero-order valence-electron chi connectivity index (χ0n) is 15.2. The second-order valence-electron chi connectivity index (χ2n) is 7.52. The van der Waals surface area contributed by atoms with Crippen molar-refractivity contribution in [2.75, 3.05) is 26.9 Å². The van der Waals surface area contributed by atoms with Crippen LogP contribution >= 0.6 is 11.6 Å². The van der Waals surface area contributed by atoms with E-state index in [9.17, 15) is 4.79 Å². The first-order valence-corrected chi connectivity index (χ1v) is 9.89. The monoisotopic (exact) mass is 379 g/mol. The Labute approximate surface area is 159 Å². The second kappa shape index (κ2) is 7.37. The van der Waals surface area contributed by atoms with Gasteiger partial charge < -0.3 is 19.1 Å². The van der Waals surface area contributed by atoms with E-state index in [1.807, 2.05) is 18.2 Å². The van der Waals surface area contributed by atoms with Crippen molar-refractivity contribution in [3.63, 3.8) is 0 Å². The van der Waals surface area contributed by atoms with Gasteiger partial charge in [0.2, 0.25) is 5.91 Å². The van der Waals surface area contributed by atoms with Crippen LogP contribution in [0.5, 0.6) is 5.75 Å². The van der Waals surface area contributed by atoms with Gasteiger partial charge in [0.05, 0.1) is 20.3 Å². The van der Waals surface area contributed by atoms with Gasteiger partial charge in [0.15, 0.2) is 5.79 Å². The fraction of sp³-hybridized carbons (Fsp3) is 0.650. The Hall–Kier alpha value is -1.30. The van der Waals surface area contributed by atoms with Crippen molar-refractivity contribution in [2.45, 2.75) is 50.4 Å². The molecule has 1 saturated carbocycles. The molecular weight excluding hydrogens is 354 g/mol. The maximum Gasteiger partial charge on any atom is 0.226 e. The average molecular weight is 380 g/mol. The Morgan fingerprint density at radius 1 is 1.23 bits per heavy atom. The zero-order valence-corrected chi connectivity index (χ0v) is 16.0. The fourth-order valence-electron chi connectivity index (χ4n) is 4.54. The van der Waals surface area contributed by atoms with E-state index < -0.39 is 0 Å². The largest absolute Gasteiger partial charge is 0.497 e. The summed E-state index contributed by atoms with van der Waals surface area (Å²) in [4.78, 5) is 15.0. The summed E-state index contributed by atoms with van der Waals surface area (Å²) in [7, 11) is 1.62. The van der Waals surface area contributed by atoms with Crippen molar-refractivity contribution in [1.82, 2.24) is 4.90 Å². The molecule has 1 atom stereocenters. The van der Waals surface area contributed by atoms with Crippen molar-refractivity contribution in [2.24, 2.45) is 5.92 Å². The molecule has 0 aromatic heterocycles. The average Bonchev–Trinajstić information content (AvgIpc) is 3.25. The summed E-state index contributed by atoms with van der Waals surface area (Å²) in [5.41, 5.74) is 1.02. The van der Waals surface area contributed by atoms with Gasteiger partial charge in [-0.2, -0.15) is 0 Å². The van der Waals surface area contributed by atoms with Crippen LogP contribution in [0.2, 0.25) is 5.02 Å². The minimum Gasteiger partial charge on any atom is -0.497 e. The standard InChI is InChI=1S/C20H26ClNO4/c1-24-17-3-2-14(18(21)13-17)12-15-6-9-22(19(15)23)16-4-7-20(8-5-16)25-10-11-26-20/h2-3,13,15-16H,4-12H2,1H3. The number of halogens is 1. The summed E-state index contributed by atoms with van der Waals surface area (Å²) in [5.74, 6) is 0.669. The maximum atomic E-state index is 13.0. The van der Waals surface area contributed by atoms with E-state index in [1.54, 1.807) is 7.11 Å². The van der Waals surface area contributed by atoms with Crippen LogP contribution in [-0.2, 0) is 20.7 Å². The third-order valence-corrected chi connectivity index (χ3v) is 6.40. The van der Waals surface area contributed by atoms with Crippen LogP contribution in [0.3, 0.4) is 0 Å². The molecule has 5 nitrogen and oxygen atoms in total. The number of carbonyl (C=O) groups excluding carboxylic acids is 1. The third kappa shape index (κ3) is 3.45. The lowest BCUT2D eigenvalue weighted by atomic mass is 9.89. The number of benzene rings is 1. The minimum absolute atomic E-state index is 0.0239. The van der Waals surface area contributed by atoms with Crippen LogP contribution in [0.1, 0.15) is 37.7 Å². The molecule has 4 rings (SSSR count). The molecule has 26 heavy (non-hydrogen) atoms. The quantitative estimate of drug-likeness (QED) is 0.804. The number of ether oxygens (including phenoxy) is 3. The SMILES string of the molecule is COc1ccc(CC2CCN(C3CCC4(CC3)OCCO4)C2=O)c(Cl)c1. The Bertz CT molecular complexity index is 664. The number of nitrogens with zero attached hydrogens (tertiary/aromatic N) is 1. The Kier molecular flexibility index (Phi) is 5.13. The van der Waals surface area contributed by atoms with E-state index in [4.69, 9.17) is 25.8 Å². The predicted octanol–water partition coefficient (Wildman–Crippen LogP) is 3.43. The first-order chi connectivity index (χ1) is 12.6. The number of hydrogen-bond donors (Lipinski definition) is 0. The number of carbonyl (C=O) groups is 1. The van der Waals surface area contributed by atoms with Crippen LogP contribution < -0.4 is 4.74 Å². The molecular formula is C20H26ClNO4. The summed E-state index contributed by atoms with van der Waals surface area (Å²) < 4.78 is 16.8. The Morgan fingerprint density at radius 2 is 1.96 bits per heavy atom. The fourth-order valence-corrected chi connectivity index (χ4v) is 4.79. The molecule has 142 valence electrons. The van der Waals surface area contributed by atoms with E-state index in [0.717, 1.165) is 50.0 Å². The first-order valence-electron chi connectivity index (χ1n) is 9.51. The summed E-state index contributed by atoms with van der Waals surface area (Å²) in [5, 5.41) is 0.672. The summed E-state index contributed by atoms with van der Waals surface area (Å²) in [6.07, 6.45) is 5.28. The van der Waals surface area contributed by atoms with Crippen molar-refractivity contribution < 1.29 is 19.0 Å². The molecule has 3 aliphatic rings. The van der Waals surface area contributed by atoms with Crippen LogP contribution in [0, 0.1) is 5.92 Å². The molecule has 1 unspecified atom stereocenters. The van der Waals surface area contributed by atoms with Crippen LogP contribution in [-0.4, -0.2) is 49.5 Å². The highest BCUT2D eigenvalue weighted by atomic mass is 35.5. The molecule has 1 spiro atoms. The smallest absolute Gasteiger partial charge is 0.226 e. The van der Waals surface area contributed by atoms with Gasteiger partial charge in [0.1, 0.15) is 5.75 Å². The van der Waals surface area contributed by atoms with Gasteiger partial charge in [-0.1, -0.05) is 17.7 Å². The topological polar surface area (TPSA) is 48.0 Å². The van der Waals surface area contributed by atoms with Gasteiger partial charge in [0, 0.05) is 36.4 Å². The van der Waals surface area contributed by atoms with Gasteiger partial charge in [-0.05, 0) is 43.4 Å². The number of amides is 1. The zero-order chi connectivity index (χ0) is 18.1. The molecule has 1 amide bonds. The van der Waals surface area contributed by atoms with Gasteiger partial charge in [0.25, 0.3) is 0 Å². The molecule has 3 fully saturated rings. The molecule has 1 aromatic rings. The van der Waals surface area contributed by atoms with E-state index in [0.29, 0.717) is 30.7 Å². The van der Waals surface area contributed by atoms with E-state index in [-0.39, 0.29) is 17.6 Å². The molecule has 2 aliphatic heterocycles. The van der Waals surface area contributed by atoms with Crippen LogP contribution in [0.25, 0.3) is 0 Å². The molecule has 6 heteroatoms. The lowest BCUT2D eigenvalue weighted by molar-refractivity contribution is -0.184. The van der Waals surface area contributed by atoms with Gasteiger partial charge in [-0.15, -0.1) is 0 Å². The van der Waals surface area contributed by atoms with E-state index in [1.165, 1.54) is 0 Å². The highest BCUT2D eigenvalue weighted by Crippen LogP contribution is 2.39. The molecule has 0 radical (unpaired) electrons. The van der Waals surface area contributed by atoms with Crippen LogP contribution in [0.4, 0.5) is 0 Å². The molecule has 1 aromatic carbocycles. The Morgan fingerprint density at radius 3 is 2.62 bits per heavy atom. The number of likely N-dealkylation sites (tertiary alicyclic amines) is 1. The molecule has 1 aliphatic carbocycles. The molecule has 2 heterocycles. The summed E-state index contributed by atoms with van der Waals surface area (Å²) in [6, 6.07) is 6.00. The lowest BCUT2D eigenvalue weighted by Gasteiger charge is -2.39. The van der Waals surface area contributed by atoms with Gasteiger partial charge >= 0.3 is 0 Å². The maximum absolute atomic E-state index is 13.0. The summed E-state index contributed by atoms with van der Waals surface area (Å²) >= 11 is 6.36. The molecule has 0 N–H and O–H groups in total.